The van der Waals surface area contributed by atoms with Crippen LogP contribution in [0.1, 0.15) is 24.4 Å². The first kappa shape index (κ1) is 20.2. The second kappa shape index (κ2) is 9.12. The van der Waals surface area contributed by atoms with Gasteiger partial charge in [-0.1, -0.05) is 47.6 Å². The molecule has 0 fully saturated rings. The first-order valence-electron chi connectivity index (χ1n) is 8.74. The molecule has 0 aliphatic rings. The van der Waals surface area contributed by atoms with Crippen LogP contribution in [0.15, 0.2) is 53.7 Å². The number of nitrogens with zero attached hydrogens (tertiary/aromatic N) is 3. The van der Waals surface area contributed by atoms with E-state index in [1.165, 1.54) is 11.8 Å². The van der Waals surface area contributed by atoms with Gasteiger partial charge in [0.15, 0.2) is 17.1 Å². The molecule has 0 bridgehead atoms. The third-order valence-electron chi connectivity index (χ3n) is 4.09. The van der Waals surface area contributed by atoms with Gasteiger partial charge in [0.05, 0.1) is 5.75 Å². The number of para-hydroxylation sites is 1. The van der Waals surface area contributed by atoms with Crippen LogP contribution in [0.5, 0.6) is 5.75 Å². The van der Waals surface area contributed by atoms with E-state index in [-0.39, 0.29) is 17.8 Å². The summed E-state index contributed by atoms with van der Waals surface area (Å²) < 4.78 is 7.74. The van der Waals surface area contributed by atoms with Gasteiger partial charge in [-0.05, 0) is 43.7 Å². The summed E-state index contributed by atoms with van der Waals surface area (Å²) in [7, 11) is 1.86. The Bertz CT molecular complexity index is 962. The average Bonchev–Trinajstić information content (AvgIpc) is 3.04. The number of rotatable bonds is 7. The Morgan fingerprint density at radius 2 is 2.00 bits per heavy atom. The summed E-state index contributed by atoms with van der Waals surface area (Å²) in [6.45, 7) is 3.84. The van der Waals surface area contributed by atoms with Crippen molar-refractivity contribution in [1.82, 2.24) is 14.8 Å². The Morgan fingerprint density at radius 3 is 2.75 bits per heavy atom. The SMILES string of the molecule is Cc1ccc(Cl)cc1NC(=O)CSc1nnc(C(C)Oc2ccccc2)n1C. The molecule has 0 saturated heterocycles. The highest BCUT2D eigenvalue weighted by atomic mass is 35.5. The van der Waals surface area contributed by atoms with Crippen molar-refractivity contribution in [1.29, 1.82) is 0 Å². The van der Waals surface area contributed by atoms with E-state index in [2.05, 4.69) is 15.5 Å². The lowest BCUT2D eigenvalue weighted by Gasteiger charge is -2.14. The summed E-state index contributed by atoms with van der Waals surface area (Å²) in [5.41, 5.74) is 1.66. The number of anilines is 1. The number of carbonyl (C=O) groups is 1. The maximum Gasteiger partial charge on any atom is 0.234 e. The molecule has 1 unspecified atom stereocenters. The number of hydrogen-bond donors (Lipinski definition) is 1. The quantitative estimate of drug-likeness (QED) is 0.568. The second-order valence-electron chi connectivity index (χ2n) is 6.27. The van der Waals surface area contributed by atoms with Crippen LogP contribution >= 0.6 is 23.4 Å². The zero-order chi connectivity index (χ0) is 20.1. The van der Waals surface area contributed by atoms with Gasteiger partial charge in [-0.3, -0.25) is 4.79 Å². The molecule has 0 aliphatic carbocycles. The number of thioether (sulfide) groups is 1. The van der Waals surface area contributed by atoms with E-state index < -0.39 is 0 Å². The molecule has 0 spiro atoms. The molecular weight excluding hydrogens is 396 g/mol. The van der Waals surface area contributed by atoms with Crippen molar-refractivity contribution < 1.29 is 9.53 Å². The largest absolute Gasteiger partial charge is 0.483 e. The number of aromatic nitrogens is 3. The summed E-state index contributed by atoms with van der Waals surface area (Å²) in [4.78, 5) is 12.3. The van der Waals surface area contributed by atoms with E-state index in [0.29, 0.717) is 21.7 Å². The summed E-state index contributed by atoms with van der Waals surface area (Å²) in [6, 6.07) is 15.0. The average molecular weight is 417 g/mol. The maximum atomic E-state index is 12.3. The first-order valence-corrected chi connectivity index (χ1v) is 10.1. The molecule has 28 heavy (non-hydrogen) atoms. The van der Waals surface area contributed by atoms with Gasteiger partial charge in [0, 0.05) is 17.8 Å². The fourth-order valence-corrected chi connectivity index (χ4v) is 3.50. The van der Waals surface area contributed by atoms with Crippen LogP contribution in [0.3, 0.4) is 0 Å². The molecule has 0 radical (unpaired) electrons. The predicted molar refractivity (Wildman–Crippen MR) is 112 cm³/mol. The van der Waals surface area contributed by atoms with Gasteiger partial charge in [-0.2, -0.15) is 0 Å². The number of amides is 1. The van der Waals surface area contributed by atoms with E-state index in [1.54, 1.807) is 12.1 Å². The Morgan fingerprint density at radius 1 is 1.25 bits per heavy atom. The summed E-state index contributed by atoms with van der Waals surface area (Å²) >= 11 is 7.31. The van der Waals surface area contributed by atoms with Gasteiger partial charge < -0.3 is 14.6 Å². The number of ether oxygens (including phenoxy) is 1. The lowest BCUT2D eigenvalue weighted by molar-refractivity contribution is -0.113. The summed E-state index contributed by atoms with van der Waals surface area (Å²) in [5.74, 6) is 1.54. The van der Waals surface area contributed by atoms with Crippen molar-refractivity contribution in [2.24, 2.45) is 7.05 Å². The minimum atomic E-state index is -0.266. The van der Waals surface area contributed by atoms with Crippen molar-refractivity contribution in [2.45, 2.75) is 25.1 Å². The molecule has 1 amide bonds. The monoisotopic (exact) mass is 416 g/mol. The Balaban J connectivity index is 1.59. The number of carbonyl (C=O) groups excluding carboxylic acids is 1. The Labute approximate surface area is 173 Å². The van der Waals surface area contributed by atoms with Gasteiger partial charge in [0.25, 0.3) is 0 Å². The number of halogens is 1. The van der Waals surface area contributed by atoms with Crippen LogP contribution in [0, 0.1) is 6.92 Å². The second-order valence-corrected chi connectivity index (χ2v) is 7.65. The third-order valence-corrected chi connectivity index (χ3v) is 5.35. The maximum absolute atomic E-state index is 12.3. The van der Waals surface area contributed by atoms with Crippen molar-refractivity contribution in [3.63, 3.8) is 0 Å². The number of nitrogens with one attached hydrogen (secondary N) is 1. The molecule has 3 rings (SSSR count). The van der Waals surface area contributed by atoms with E-state index >= 15 is 0 Å². The molecule has 1 N–H and O–H groups in total. The van der Waals surface area contributed by atoms with E-state index in [4.69, 9.17) is 16.3 Å². The fourth-order valence-electron chi connectivity index (χ4n) is 2.61. The van der Waals surface area contributed by atoms with E-state index in [0.717, 1.165) is 11.3 Å². The number of aryl methyl sites for hydroxylation is 1. The molecule has 2 aromatic carbocycles. The highest BCUT2D eigenvalue weighted by Gasteiger charge is 2.18. The van der Waals surface area contributed by atoms with Crippen molar-refractivity contribution >= 4 is 35.0 Å². The molecular formula is C20H21ClN4O2S. The van der Waals surface area contributed by atoms with Gasteiger partial charge in [-0.15, -0.1) is 10.2 Å². The van der Waals surface area contributed by atoms with Crippen molar-refractivity contribution in [2.75, 3.05) is 11.1 Å². The van der Waals surface area contributed by atoms with Crippen LogP contribution in [-0.2, 0) is 11.8 Å². The molecule has 3 aromatic rings. The Hall–Kier alpha value is -2.51. The van der Waals surface area contributed by atoms with Crippen LogP contribution in [-0.4, -0.2) is 26.4 Å². The fraction of sp³-hybridized carbons (Fsp3) is 0.250. The number of benzene rings is 2. The van der Waals surface area contributed by atoms with Crippen molar-refractivity contribution in [3.8, 4) is 5.75 Å². The molecule has 1 atom stereocenters. The van der Waals surface area contributed by atoms with Gasteiger partial charge in [0.2, 0.25) is 5.91 Å². The van der Waals surface area contributed by atoms with E-state index in [1.807, 2.05) is 61.9 Å². The Kier molecular flexibility index (Phi) is 6.59. The lowest BCUT2D eigenvalue weighted by atomic mass is 10.2. The van der Waals surface area contributed by atoms with Crippen molar-refractivity contribution in [3.05, 3.63) is 64.9 Å². The van der Waals surface area contributed by atoms with Gasteiger partial charge in [0.1, 0.15) is 5.75 Å². The van der Waals surface area contributed by atoms with Crippen LogP contribution in [0.25, 0.3) is 0 Å². The number of hydrogen-bond acceptors (Lipinski definition) is 5. The molecule has 1 heterocycles. The predicted octanol–water partition coefficient (Wildman–Crippen LogP) is 4.65. The summed E-state index contributed by atoms with van der Waals surface area (Å²) in [6.07, 6.45) is -0.266. The third kappa shape index (κ3) is 5.05. The lowest BCUT2D eigenvalue weighted by Crippen LogP contribution is -2.15. The smallest absolute Gasteiger partial charge is 0.234 e. The first-order chi connectivity index (χ1) is 13.4. The molecule has 0 aliphatic heterocycles. The highest BCUT2D eigenvalue weighted by Crippen LogP contribution is 2.24. The van der Waals surface area contributed by atoms with E-state index in [9.17, 15) is 4.79 Å². The molecule has 1 aromatic heterocycles. The molecule has 6 nitrogen and oxygen atoms in total. The molecule has 8 heteroatoms. The van der Waals surface area contributed by atoms with Crippen LogP contribution < -0.4 is 10.1 Å². The van der Waals surface area contributed by atoms with Gasteiger partial charge >= 0.3 is 0 Å². The minimum Gasteiger partial charge on any atom is -0.483 e. The van der Waals surface area contributed by atoms with Crippen LogP contribution in [0.2, 0.25) is 5.02 Å². The normalized spacial score (nSPS) is 11.9. The molecule has 146 valence electrons. The standard InChI is InChI=1S/C20H21ClN4O2S/c1-13-9-10-15(21)11-17(13)22-18(26)12-28-20-24-23-19(25(20)3)14(2)27-16-7-5-4-6-8-16/h4-11,14H,12H2,1-3H3,(H,22,26). The molecule has 0 saturated carbocycles. The van der Waals surface area contributed by atoms with Crippen LogP contribution in [0.4, 0.5) is 5.69 Å². The minimum absolute atomic E-state index is 0.131. The topological polar surface area (TPSA) is 69.0 Å². The van der Waals surface area contributed by atoms with Gasteiger partial charge in [-0.25, -0.2) is 0 Å². The zero-order valence-corrected chi connectivity index (χ0v) is 17.4. The highest BCUT2D eigenvalue weighted by molar-refractivity contribution is 7.99. The zero-order valence-electron chi connectivity index (χ0n) is 15.8. The summed E-state index contributed by atoms with van der Waals surface area (Å²) in [5, 5.41) is 12.5.